The highest BCUT2D eigenvalue weighted by Gasteiger charge is 2.31. The van der Waals surface area contributed by atoms with Gasteiger partial charge < -0.3 is 4.74 Å². The van der Waals surface area contributed by atoms with Crippen molar-refractivity contribution < 1.29 is 17.9 Å². The summed E-state index contributed by atoms with van der Waals surface area (Å²) < 4.78 is 40.2. The van der Waals surface area contributed by atoms with Crippen LogP contribution < -0.4 is 10.2 Å². The molecule has 130 valence electrons. The van der Waals surface area contributed by atoms with Crippen LogP contribution in [0.25, 0.3) is 0 Å². The lowest BCUT2D eigenvalue weighted by molar-refractivity contribution is -0.274. The van der Waals surface area contributed by atoms with Gasteiger partial charge in [0.2, 0.25) is 0 Å². The minimum absolute atomic E-state index is 0.275. The lowest BCUT2D eigenvalue weighted by Gasteiger charge is -2.28. The van der Waals surface area contributed by atoms with E-state index in [0.29, 0.717) is 11.5 Å². The Hall–Kier alpha value is -2.31. The number of amidine groups is 1. The van der Waals surface area contributed by atoms with Crippen LogP contribution in [0, 0.1) is 5.41 Å². The molecular formula is C17H20F3N3O. The van der Waals surface area contributed by atoms with Gasteiger partial charge in [0, 0.05) is 0 Å². The van der Waals surface area contributed by atoms with E-state index in [2.05, 4.69) is 46.9 Å². The summed E-state index contributed by atoms with van der Waals surface area (Å²) in [5.41, 5.74) is 4.61. The Morgan fingerprint density at radius 3 is 2.42 bits per heavy atom. The first-order valence-electron chi connectivity index (χ1n) is 7.54. The molecule has 4 nitrogen and oxygen atoms in total. The molecule has 2 rings (SSSR count). The van der Waals surface area contributed by atoms with Gasteiger partial charge >= 0.3 is 6.36 Å². The second-order valence-electron chi connectivity index (χ2n) is 6.38. The minimum atomic E-state index is -4.70. The van der Waals surface area contributed by atoms with Crippen LogP contribution in [-0.2, 0) is 0 Å². The molecule has 0 aromatic heterocycles. The van der Waals surface area contributed by atoms with Gasteiger partial charge in [0.05, 0.1) is 5.69 Å². The number of allylic oxidation sites excluding steroid dienone is 1. The van der Waals surface area contributed by atoms with Gasteiger partial charge in [0.15, 0.2) is 5.84 Å². The highest BCUT2D eigenvalue weighted by atomic mass is 19.4. The number of anilines is 1. The highest BCUT2D eigenvalue weighted by Crippen LogP contribution is 2.34. The Morgan fingerprint density at radius 2 is 1.92 bits per heavy atom. The lowest BCUT2D eigenvalue weighted by Crippen LogP contribution is -2.17. The summed E-state index contributed by atoms with van der Waals surface area (Å²) in [6.07, 6.45) is 0.259. The van der Waals surface area contributed by atoms with E-state index in [1.807, 2.05) is 0 Å². The normalized spacial score (nSPS) is 17.9. The van der Waals surface area contributed by atoms with Crippen LogP contribution in [0.1, 0.15) is 33.1 Å². The number of aliphatic imine (C=N–C) groups is 1. The molecule has 1 aromatic rings. The van der Waals surface area contributed by atoms with Crippen LogP contribution in [-0.4, -0.2) is 18.9 Å². The van der Waals surface area contributed by atoms with Crippen molar-refractivity contribution in [2.45, 2.75) is 39.5 Å². The molecule has 0 atom stereocenters. The molecule has 0 unspecified atom stereocenters. The van der Waals surface area contributed by atoms with Crippen molar-refractivity contribution >= 4 is 18.2 Å². The average molecular weight is 339 g/mol. The molecule has 1 N–H and O–H groups in total. The standard InChI is InChI=1S/C17H20F3N3O/c1-16(2)10-8-12(9-11-16)15(21-3)23-22-13-4-6-14(7-5-13)24-17(18,19)20/h4-8,22H,3,9-11H2,1-2H3/b23-15-. The third-order valence-corrected chi connectivity index (χ3v) is 3.79. The average Bonchev–Trinajstić information content (AvgIpc) is 2.49. The Labute approximate surface area is 139 Å². The van der Waals surface area contributed by atoms with Gasteiger partial charge in [-0.3, -0.25) is 5.43 Å². The fourth-order valence-electron chi connectivity index (χ4n) is 2.34. The molecule has 0 saturated heterocycles. The lowest BCUT2D eigenvalue weighted by atomic mass is 9.78. The number of alkyl halides is 3. The predicted molar refractivity (Wildman–Crippen MR) is 89.4 cm³/mol. The number of nitrogens with zero attached hydrogens (tertiary/aromatic N) is 2. The maximum absolute atomic E-state index is 12.1. The summed E-state index contributed by atoms with van der Waals surface area (Å²) in [5.74, 6) is 0.220. The number of rotatable bonds is 4. The Balaban J connectivity index is 2.03. The first kappa shape index (κ1) is 18.0. The Bertz CT molecular complexity index is 646. The molecule has 0 fully saturated rings. The number of benzene rings is 1. The maximum Gasteiger partial charge on any atom is 0.573 e. The van der Waals surface area contributed by atoms with E-state index in [-0.39, 0.29) is 11.2 Å². The minimum Gasteiger partial charge on any atom is -0.406 e. The quantitative estimate of drug-likeness (QED) is 0.468. The van der Waals surface area contributed by atoms with Crippen molar-refractivity contribution in [2.24, 2.45) is 15.5 Å². The van der Waals surface area contributed by atoms with Crippen LogP contribution in [0.5, 0.6) is 5.75 Å². The fraction of sp³-hybridized carbons (Fsp3) is 0.412. The molecule has 0 heterocycles. The number of nitrogens with one attached hydrogen (secondary N) is 1. The largest absolute Gasteiger partial charge is 0.573 e. The van der Waals surface area contributed by atoms with E-state index in [0.717, 1.165) is 24.8 Å². The molecule has 0 aliphatic heterocycles. The van der Waals surface area contributed by atoms with Gasteiger partial charge in [-0.2, -0.15) is 5.10 Å². The van der Waals surface area contributed by atoms with Gasteiger partial charge in [-0.25, -0.2) is 4.99 Å². The predicted octanol–water partition coefficient (Wildman–Crippen LogP) is 5.15. The van der Waals surface area contributed by atoms with Crippen LogP contribution in [0.4, 0.5) is 18.9 Å². The smallest absolute Gasteiger partial charge is 0.406 e. The van der Waals surface area contributed by atoms with E-state index in [4.69, 9.17) is 0 Å². The van der Waals surface area contributed by atoms with Gasteiger partial charge in [-0.15, -0.1) is 13.2 Å². The summed E-state index contributed by atoms with van der Waals surface area (Å²) in [4.78, 5) is 3.94. The zero-order chi connectivity index (χ0) is 17.8. The van der Waals surface area contributed by atoms with E-state index < -0.39 is 6.36 Å². The van der Waals surface area contributed by atoms with Crippen molar-refractivity contribution in [3.63, 3.8) is 0 Å². The fourth-order valence-corrected chi connectivity index (χ4v) is 2.34. The molecule has 7 heteroatoms. The van der Waals surface area contributed by atoms with Crippen LogP contribution in [0.3, 0.4) is 0 Å². The Morgan fingerprint density at radius 1 is 1.25 bits per heavy atom. The van der Waals surface area contributed by atoms with E-state index in [1.165, 1.54) is 24.3 Å². The summed E-state index contributed by atoms with van der Waals surface area (Å²) in [5, 5.41) is 4.19. The first-order chi connectivity index (χ1) is 11.2. The molecule has 0 saturated carbocycles. The second-order valence-corrected chi connectivity index (χ2v) is 6.38. The number of hydrogen-bond acceptors (Lipinski definition) is 3. The molecule has 0 bridgehead atoms. The zero-order valence-corrected chi connectivity index (χ0v) is 13.7. The van der Waals surface area contributed by atoms with Crippen molar-refractivity contribution in [3.8, 4) is 5.75 Å². The summed E-state index contributed by atoms with van der Waals surface area (Å²) in [6, 6.07) is 5.33. The van der Waals surface area contributed by atoms with Crippen molar-refractivity contribution in [3.05, 3.63) is 35.9 Å². The Kier molecular flexibility index (Phi) is 5.31. The van der Waals surface area contributed by atoms with Gasteiger partial charge in [-0.1, -0.05) is 19.9 Å². The van der Waals surface area contributed by atoms with Crippen molar-refractivity contribution in [1.82, 2.24) is 0 Å². The molecule has 1 aliphatic rings. The van der Waals surface area contributed by atoms with E-state index in [9.17, 15) is 13.2 Å². The van der Waals surface area contributed by atoms with Crippen LogP contribution >= 0.6 is 0 Å². The highest BCUT2D eigenvalue weighted by molar-refractivity contribution is 6.01. The third-order valence-electron chi connectivity index (χ3n) is 3.79. The summed E-state index contributed by atoms with van der Waals surface area (Å²) >= 11 is 0. The first-order valence-corrected chi connectivity index (χ1v) is 7.54. The maximum atomic E-state index is 12.1. The van der Waals surface area contributed by atoms with Gasteiger partial charge in [0.1, 0.15) is 5.75 Å². The molecule has 1 aromatic carbocycles. The topological polar surface area (TPSA) is 46.0 Å². The van der Waals surface area contributed by atoms with Gasteiger partial charge in [-0.05, 0) is 61.2 Å². The van der Waals surface area contributed by atoms with Gasteiger partial charge in [0.25, 0.3) is 0 Å². The number of halogens is 3. The SMILES string of the molecule is C=N/C(=N\Nc1ccc(OC(F)(F)F)cc1)C1=CCC(C)(C)CC1. The van der Waals surface area contributed by atoms with E-state index in [1.54, 1.807) is 0 Å². The van der Waals surface area contributed by atoms with Crippen molar-refractivity contribution in [1.29, 1.82) is 0 Å². The van der Waals surface area contributed by atoms with Crippen molar-refractivity contribution in [2.75, 3.05) is 5.43 Å². The number of hydrazone groups is 1. The monoisotopic (exact) mass is 339 g/mol. The molecule has 0 amide bonds. The molecule has 24 heavy (non-hydrogen) atoms. The third kappa shape index (κ3) is 5.40. The summed E-state index contributed by atoms with van der Waals surface area (Å²) in [6.45, 7) is 7.95. The van der Waals surface area contributed by atoms with E-state index >= 15 is 0 Å². The molecule has 0 spiro atoms. The number of ether oxygens (including phenoxy) is 1. The molecular weight excluding hydrogens is 319 g/mol. The van der Waals surface area contributed by atoms with Crippen LogP contribution in [0.2, 0.25) is 0 Å². The second kappa shape index (κ2) is 7.07. The van der Waals surface area contributed by atoms with Crippen LogP contribution in [0.15, 0.2) is 46.0 Å². The molecule has 1 aliphatic carbocycles. The molecule has 0 radical (unpaired) electrons. The summed E-state index contributed by atoms with van der Waals surface area (Å²) in [7, 11) is 0. The zero-order valence-electron chi connectivity index (χ0n) is 13.7. The number of hydrogen-bond donors (Lipinski definition) is 1.